The molecule has 1 fully saturated rings. The molecular formula is C30H39N7O5. The monoisotopic (exact) mass is 577 g/mol. The van der Waals surface area contributed by atoms with Gasteiger partial charge in [-0.1, -0.05) is 28.9 Å². The van der Waals surface area contributed by atoms with E-state index in [9.17, 15) is 9.59 Å². The number of piperidine rings is 1. The molecule has 0 spiro atoms. The van der Waals surface area contributed by atoms with Gasteiger partial charge in [0.05, 0.1) is 7.11 Å². The molecule has 2 amide bonds. The summed E-state index contributed by atoms with van der Waals surface area (Å²) < 4.78 is 17.2. The van der Waals surface area contributed by atoms with Crippen molar-refractivity contribution in [2.75, 3.05) is 32.1 Å². The molecule has 3 heterocycles. The maximum absolute atomic E-state index is 13.0. The molecule has 0 aliphatic carbocycles. The molecule has 3 atom stereocenters. The van der Waals surface area contributed by atoms with E-state index in [1.54, 1.807) is 7.11 Å². The van der Waals surface area contributed by atoms with Crippen molar-refractivity contribution in [3.63, 3.8) is 0 Å². The molecule has 12 heteroatoms. The van der Waals surface area contributed by atoms with Gasteiger partial charge >= 0.3 is 6.09 Å². The van der Waals surface area contributed by atoms with Crippen molar-refractivity contribution in [3.05, 3.63) is 58.1 Å². The number of carbonyl (C=O) groups is 2. The summed E-state index contributed by atoms with van der Waals surface area (Å²) in [5, 5.41) is 18.8. The number of benzene rings is 2. The normalized spacial score (nSPS) is 20.2. The second-order valence-electron chi connectivity index (χ2n) is 12.0. The minimum atomic E-state index is -0.594. The Kier molecular flexibility index (Phi) is 8.35. The Bertz CT molecular complexity index is 1440. The van der Waals surface area contributed by atoms with Gasteiger partial charge in [0.15, 0.2) is 18.1 Å². The lowest BCUT2D eigenvalue weighted by atomic mass is 9.76. The number of amides is 2. The minimum Gasteiger partial charge on any atom is -0.493 e. The molecule has 0 radical (unpaired) electrons. The SMILES string of the molecule is COc1cc2c(cc1OCC(=O)Nc1nnn[nH]1)CCN1C[C@@H](c3cc(C)ccc3C)[C@H](NC(=O)OC(C)(C)C)C[C@H]21. The molecule has 2 aliphatic rings. The number of methoxy groups -OCH3 is 1. The number of tetrazole rings is 1. The van der Waals surface area contributed by atoms with Crippen molar-refractivity contribution in [1.29, 1.82) is 0 Å². The summed E-state index contributed by atoms with van der Waals surface area (Å²) in [5.41, 5.74) is 5.33. The number of ether oxygens (including phenoxy) is 3. The molecule has 5 rings (SSSR count). The number of aromatic nitrogens is 4. The Labute approximate surface area is 245 Å². The number of H-pyrrole nitrogens is 1. The molecule has 1 aromatic heterocycles. The van der Waals surface area contributed by atoms with E-state index in [-0.39, 0.29) is 30.6 Å². The number of alkyl carbamates (subject to hydrolysis) is 1. The van der Waals surface area contributed by atoms with Crippen molar-refractivity contribution in [2.45, 2.75) is 71.1 Å². The Hall–Kier alpha value is -4.19. The highest BCUT2D eigenvalue weighted by Crippen LogP contribution is 2.45. The zero-order valence-corrected chi connectivity index (χ0v) is 25.0. The third-order valence-electron chi connectivity index (χ3n) is 7.79. The van der Waals surface area contributed by atoms with E-state index in [0.717, 1.165) is 30.6 Å². The van der Waals surface area contributed by atoms with Crippen LogP contribution in [0, 0.1) is 13.8 Å². The van der Waals surface area contributed by atoms with Crippen LogP contribution in [-0.4, -0.2) is 76.0 Å². The number of hydrogen-bond donors (Lipinski definition) is 3. The predicted molar refractivity (Wildman–Crippen MR) is 156 cm³/mol. The molecule has 224 valence electrons. The van der Waals surface area contributed by atoms with Gasteiger partial charge in [-0.05, 0) is 92.3 Å². The van der Waals surface area contributed by atoms with Gasteiger partial charge in [-0.25, -0.2) is 9.89 Å². The Balaban J connectivity index is 1.39. The summed E-state index contributed by atoms with van der Waals surface area (Å²) in [4.78, 5) is 27.8. The van der Waals surface area contributed by atoms with Crippen LogP contribution in [-0.2, 0) is 16.0 Å². The van der Waals surface area contributed by atoms with Crippen molar-refractivity contribution >= 4 is 17.9 Å². The third-order valence-corrected chi connectivity index (χ3v) is 7.79. The first-order chi connectivity index (χ1) is 20.0. The summed E-state index contributed by atoms with van der Waals surface area (Å²) in [6, 6.07) is 10.4. The molecule has 2 aromatic carbocycles. The topological polar surface area (TPSA) is 144 Å². The smallest absolute Gasteiger partial charge is 0.407 e. The quantitative estimate of drug-likeness (QED) is 0.382. The molecule has 3 aromatic rings. The highest BCUT2D eigenvalue weighted by Gasteiger charge is 2.41. The van der Waals surface area contributed by atoms with Gasteiger partial charge in [-0.3, -0.25) is 15.0 Å². The van der Waals surface area contributed by atoms with E-state index in [1.165, 1.54) is 16.7 Å². The van der Waals surface area contributed by atoms with Gasteiger partial charge in [0.1, 0.15) is 5.60 Å². The van der Waals surface area contributed by atoms with Crippen LogP contribution >= 0.6 is 0 Å². The number of aryl methyl sites for hydroxylation is 2. The lowest BCUT2D eigenvalue weighted by Gasteiger charge is -2.48. The summed E-state index contributed by atoms with van der Waals surface area (Å²) in [5.74, 6) is 0.881. The lowest BCUT2D eigenvalue weighted by molar-refractivity contribution is -0.118. The van der Waals surface area contributed by atoms with Gasteiger partial charge in [0, 0.05) is 31.1 Å². The second kappa shape index (κ2) is 12.0. The number of hydrogen-bond acceptors (Lipinski definition) is 9. The molecule has 0 saturated carbocycles. The number of carbonyl (C=O) groups excluding carboxylic acids is 2. The zero-order valence-electron chi connectivity index (χ0n) is 25.0. The van der Waals surface area contributed by atoms with Crippen LogP contribution < -0.4 is 20.1 Å². The molecule has 1 saturated heterocycles. The van der Waals surface area contributed by atoms with Crippen LogP contribution in [0.15, 0.2) is 30.3 Å². The highest BCUT2D eigenvalue weighted by molar-refractivity contribution is 5.90. The number of nitrogens with one attached hydrogen (secondary N) is 3. The number of anilines is 1. The predicted octanol–water partition coefficient (Wildman–Crippen LogP) is 3.82. The fourth-order valence-corrected chi connectivity index (χ4v) is 5.93. The van der Waals surface area contributed by atoms with Crippen LogP contribution in [0.25, 0.3) is 0 Å². The van der Waals surface area contributed by atoms with Gasteiger partial charge in [0.2, 0.25) is 5.95 Å². The number of rotatable bonds is 7. The van der Waals surface area contributed by atoms with Gasteiger partial charge < -0.3 is 19.5 Å². The minimum absolute atomic E-state index is 0.0697. The summed E-state index contributed by atoms with van der Waals surface area (Å²) in [6.07, 6.45) is 1.13. The number of aromatic amines is 1. The van der Waals surface area contributed by atoms with E-state index in [1.807, 2.05) is 32.9 Å². The molecule has 12 nitrogen and oxygen atoms in total. The molecule has 42 heavy (non-hydrogen) atoms. The van der Waals surface area contributed by atoms with E-state index < -0.39 is 17.6 Å². The third kappa shape index (κ3) is 6.64. The Morgan fingerprint density at radius 2 is 1.93 bits per heavy atom. The highest BCUT2D eigenvalue weighted by atomic mass is 16.6. The van der Waals surface area contributed by atoms with E-state index in [2.05, 4.69) is 68.2 Å². The average molecular weight is 578 g/mol. The maximum atomic E-state index is 13.0. The summed E-state index contributed by atoms with van der Waals surface area (Å²) in [6.45, 7) is 11.3. The molecule has 3 N–H and O–H groups in total. The van der Waals surface area contributed by atoms with Crippen LogP contribution in [0.3, 0.4) is 0 Å². The molecule has 0 bridgehead atoms. The first-order valence-electron chi connectivity index (χ1n) is 14.2. The molecule has 0 unspecified atom stereocenters. The van der Waals surface area contributed by atoms with Crippen LogP contribution in [0.5, 0.6) is 11.5 Å². The Morgan fingerprint density at radius 3 is 2.64 bits per heavy atom. The second-order valence-corrected chi connectivity index (χ2v) is 12.0. The van der Waals surface area contributed by atoms with E-state index in [4.69, 9.17) is 14.2 Å². The van der Waals surface area contributed by atoms with Gasteiger partial charge in [-0.15, -0.1) is 0 Å². The maximum Gasteiger partial charge on any atom is 0.407 e. The van der Waals surface area contributed by atoms with Crippen LogP contribution in [0.1, 0.15) is 67.0 Å². The zero-order chi connectivity index (χ0) is 30.0. The number of fused-ring (bicyclic) bond motifs is 3. The fraction of sp³-hybridized carbons (Fsp3) is 0.500. The van der Waals surface area contributed by atoms with Gasteiger partial charge in [-0.2, -0.15) is 0 Å². The van der Waals surface area contributed by atoms with Crippen LogP contribution in [0.4, 0.5) is 10.7 Å². The van der Waals surface area contributed by atoms with Gasteiger partial charge in [0.25, 0.3) is 5.91 Å². The van der Waals surface area contributed by atoms with E-state index in [0.29, 0.717) is 17.9 Å². The van der Waals surface area contributed by atoms with Crippen molar-refractivity contribution in [2.24, 2.45) is 0 Å². The van der Waals surface area contributed by atoms with Crippen molar-refractivity contribution < 1.29 is 23.8 Å². The van der Waals surface area contributed by atoms with Crippen molar-refractivity contribution in [1.82, 2.24) is 30.8 Å². The Morgan fingerprint density at radius 1 is 1.12 bits per heavy atom. The van der Waals surface area contributed by atoms with E-state index >= 15 is 0 Å². The fourth-order valence-electron chi connectivity index (χ4n) is 5.93. The number of nitrogens with zero attached hydrogens (tertiary/aromatic N) is 4. The van der Waals surface area contributed by atoms with Crippen molar-refractivity contribution in [3.8, 4) is 11.5 Å². The van der Waals surface area contributed by atoms with Crippen LogP contribution in [0.2, 0.25) is 0 Å². The summed E-state index contributed by atoms with van der Waals surface area (Å²) in [7, 11) is 1.58. The first-order valence-corrected chi connectivity index (χ1v) is 14.2. The first kappa shape index (κ1) is 29.3. The summed E-state index contributed by atoms with van der Waals surface area (Å²) >= 11 is 0. The molecular weight excluding hydrogens is 538 g/mol. The standard InChI is InChI=1S/C30H39N7O5/c1-17-7-8-18(2)20(11-17)22-15-37-10-9-19-12-26(41-16-27(38)32-28-33-35-36-34-28)25(40-6)13-21(19)24(37)14-23(22)31-29(39)42-30(3,4)5/h7-8,11-13,22-24H,9-10,14-16H2,1-6H3,(H,31,39)(H2,32,33,34,35,36,38)/t22-,23+,24+/m0/s1. The molecule has 2 aliphatic heterocycles. The largest absolute Gasteiger partial charge is 0.493 e. The average Bonchev–Trinajstić information content (AvgIpc) is 3.44. The lowest BCUT2D eigenvalue weighted by Crippen LogP contribution is -2.53.